The van der Waals surface area contributed by atoms with E-state index < -0.39 is 0 Å². The standard InChI is InChI=1S/C22H29Cl2N7/c23-18-10-9-17(19(24)15-18)16-25-29-20-26-21(30-11-5-1-2-6-12-30)28-22(27-20)31-13-7-3-4-8-14-31/h9-10,15-16H,1-8,11-14H2,(H,26,27,28,29)/b25-16+. The van der Waals surface area contributed by atoms with Crippen molar-refractivity contribution in [1.82, 2.24) is 15.0 Å². The second-order valence-electron chi connectivity index (χ2n) is 8.10. The van der Waals surface area contributed by atoms with Gasteiger partial charge in [0.2, 0.25) is 17.8 Å². The van der Waals surface area contributed by atoms with Crippen LogP contribution in [0.3, 0.4) is 0 Å². The zero-order chi connectivity index (χ0) is 21.5. The first-order chi connectivity index (χ1) is 15.2. The molecule has 1 aromatic heterocycles. The molecule has 0 radical (unpaired) electrons. The largest absolute Gasteiger partial charge is 0.341 e. The fraction of sp³-hybridized carbons (Fsp3) is 0.545. The van der Waals surface area contributed by atoms with Crippen LogP contribution >= 0.6 is 23.2 Å². The molecule has 0 bridgehead atoms. The van der Waals surface area contributed by atoms with Crippen molar-refractivity contribution in [2.45, 2.75) is 51.4 Å². The molecule has 2 aromatic rings. The van der Waals surface area contributed by atoms with Crippen molar-refractivity contribution >= 4 is 47.3 Å². The van der Waals surface area contributed by atoms with E-state index >= 15 is 0 Å². The molecule has 0 unspecified atom stereocenters. The number of hydrogen-bond donors (Lipinski definition) is 1. The normalized spacial score (nSPS) is 18.1. The van der Waals surface area contributed by atoms with E-state index in [-0.39, 0.29) is 0 Å². The number of halogens is 2. The van der Waals surface area contributed by atoms with Crippen molar-refractivity contribution in [1.29, 1.82) is 0 Å². The van der Waals surface area contributed by atoms with E-state index in [1.165, 1.54) is 51.4 Å². The number of rotatable bonds is 5. The zero-order valence-corrected chi connectivity index (χ0v) is 19.2. The summed E-state index contributed by atoms with van der Waals surface area (Å²) in [7, 11) is 0. The summed E-state index contributed by atoms with van der Waals surface area (Å²) < 4.78 is 0. The highest BCUT2D eigenvalue weighted by atomic mass is 35.5. The number of nitrogens with one attached hydrogen (secondary N) is 1. The van der Waals surface area contributed by atoms with Crippen LogP contribution in [0, 0.1) is 0 Å². The fourth-order valence-corrected chi connectivity index (χ4v) is 4.45. The number of aromatic nitrogens is 3. The molecule has 31 heavy (non-hydrogen) atoms. The average Bonchev–Trinajstić information content (AvgIpc) is 3.21. The summed E-state index contributed by atoms with van der Waals surface area (Å²) >= 11 is 12.2. The van der Waals surface area contributed by atoms with Gasteiger partial charge in [-0.2, -0.15) is 20.1 Å². The van der Waals surface area contributed by atoms with Crippen LogP contribution in [-0.2, 0) is 0 Å². The SMILES string of the molecule is Clc1ccc(/C=N/Nc2nc(N3CCCCCC3)nc(N3CCCCCC3)n2)c(Cl)c1. The Kier molecular flexibility index (Phi) is 7.81. The van der Waals surface area contributed by atoms with E-state index in [1.807, 2.05) is 6.07 Å². The van der Waals surface area contributed by atoms with Crippen molar-refractivity contribution < 1.29 is 0 Å². The monoisotopic (exact) mass is 461 g/mol. The van der Waals surface area contributed by atoms with Crippen LogP contribution in [-0.4, -0.2) is 47.3 Å². The number of hydrogen-bond acceptors (Lipinski definition) is 7. The zero-order valence-electron chi connectivity index (χ0n) is 17.7. The van der Waals surface area contributed by atoms with Gasteiger partial charge in [0.05, 0.1) is 11.2 Å². The molecule has 2 aliphatic rings. The molecule has 7 nitrogen and oxygen atoms in total. The highest BCUT2D eigenvalue weighted by molar-refractivity contribution is 6.36. The highest BCUT2D eigenvalue weighted by Gasteiger charge is 2.19. The van der Waals surface area contributed by atoms with Gasteiger partial charge in [0.25, 0.3) is 0 Å². The lowest BCUT2D eigenvalue weighted by Gasteiger charge is -2.24. The smallest absolute Gasteiger partial charge is 0.250 e. The predicted molar refractivity (Wildman–Crippen MR) is 129 cm³/mol. The summed E-state index contributed by atoms with van der Waals surface area (Å²) in [4.78, 5) is 18.8. The molecular formula is C22H29Cl2N7. The van der Waals surface area contributed by atoms with Crippen LogP contribution in [0.2, 0.25) is 10.0 Å². The number of benzene rings is 1. The highest BCUT2D eigenvalue weighted by Crippen LogP contribution is 2.23. The fourth-order valence-electron chi connectivity index (χ4n) is 3.99. The Hall–Kier alpha value is -2.12. The Balaban J connectivity index is 1.57. The van der Waals surface area contributed by atoms with Crippen LogP contribution in [0.4, 0.5) is 17.8 Å². The summed E-state index contributed by atoms with van der Waals surface area (Å²) in [6, 6.07) is 5.31. The van der Waals surface area contributed by atoms with Crippen LogP contribution in [0.1, 0.15) is 56.9 Å². The molecule has 2 saturated heterocycles. The summed E-state index contributed by atoms with van der Waals surface area (Å²) in [5, 5.41) is 5.46. The lowest BCUT2D eigenvalue weighted by Crippen LogP contribution is -2.30. The van der Waals surface area contributed by atoms with E-state index in [4.69, 9.17) is 28.2 Å². The molecule has 0 aliphatic carbocycles. The van der Waals surface area contributed by atoms with Gasteiger partial charge < -0.3 is 9.80 Å². The number of hydrazone groups is 1. The molecule has 9 heteroatoms. The maximum absolute atomic E-state index is 6.24. The maximum atomic E-state index is 6.24. The van der Waals surface area contributed by atoms with E-state index in [0.29, 0.717) is 16.0 Å². The minimum Gasteiger partial charge on any atom is -0.341 e. The molecule has 0 atom stereocenters. The van der Waals surface area contributed by atoms with Gasteiger partial charge in [0.1, 0.15) is 0 Å². The van der Waals surface area contributed by atoms with Crippen molar-refractivity contribution in [2.24, 2.45) is 5.10 Å². The lowest BCUT2D eigenvalue weighted by molar-refractivity contribution is 0.726. The summed E-state index contributed by atoms with van der Waals surface area (Å²) in [6.45, 7) is 3.91. The molecule has 0 saturated carbocycles. The first-order valence-corrected chi connectivity index (χ1v) is 11.9. The summed E-state index contributed by atoms with van der Waals surface area (Å²) in [6.07, 6.45) is 11.4. The van der Waals surface area contributed by atoms with E-state index in [0.717, 1.165) is 43.6 Å². The molecule has 3 heterocycles. The van der Waals surface area contributed by atoms with Gasteiger partial charge in [-0.1, -0.05) is 55.0 Å². The Morgan fingerprint density at radius 1 is 0.774 bits per heavy atom. The molecule has 2 fully saturated rings. The van der Waals surface area contributed by atoms with Crippen LogP contribution in [0.15, 0.2) is 23.3 Å². The second kappa shape index (κ2) is 11.0. The van der Waals surface area contributed by atoms with Crippen LogP contribution < -0.4 is 15.2 Å². The third kappa shape index (κ3) is 6.20. The number of anilines is 3. The van der Waals surface area contributed by atoms with Crippen molar-refractivity contribution in [2.75, 3.05) is 41.4 Å². The summed E-state index contributed by atoms with van der Waals surface area (Å²) in [5.41, 5.74) is 3.76. The Morgan fingerprint density at radius 2 is 1.32 bits per heavy atom. The predicted octanol–water partition coefficient (Wildman–Crippen LogP) is 5.39. The lowest BCUT2D eigenvalue weighted by atomic mass is 10.2. The Bertz CT molecular complexity index is 851. The molecule has 2 aliphatic heterocycles. The molecule has 4 rings (SSSR count). The third-order valence-electron chi connectivity index (χ3n) is 5.72. The van der Waals surface area contributed by atoms with E-state index in [9.17, 15) is 0 Å². The first kappa shape index (κ1) is 22.1. The molecule has 0 amide bonds. The van der Waals surface area contributed by atoms with E-state index in [1.54, 1.807) is 18.3 Å². The van der Waals surface area contributed by atoms with Crippen molar-refractivity contribution in [3.05, 3.63) is 33.8 Å². The Morgan fingerprint density at radius 3 is 1.84 bits per heavy atom. The third-order valence-corrected chi connectivity index (χ3v) is 6.28. The summed E-state index contributed by atoms with van der Waals surface area (Å²) in [5.74, 6) is 1.92. The molecule has 166 valence electrons. The quantitative estimate of drug-likeness (QED) is 0.475. The van der Waals surface area contributed by atoms with Gasteiger partial charge in [0, 0.05) is 36.8 Å². The van der Waals surface area contributed by atoms with Crippen molar-refractivity contribution in [3.8, 4) is 0 Å². The maximum Gasteiger partial charge on any atom is 0.250 e. The van der Waals surface area contributed by atoms with Gasteiger partial charge in [-0.3, -0.25) is 0 Å². The van der Waals surface area contributed by atoms with Gasteiger partial charge in [-0.25, -0.2) is 5.43 Å². The Labute approximate surface area is 193 Å². The van der Waals surface area contributed by atoms with Gasteiger partial charge >= 0.3 is 0 Å². The topological polar surface area (TPSA) is 69.5 Å². The first-order valence-electron chi connectivity index (χ1n) is 11.2. The van der Waals surface area contributed by atoms with Crippen LogP contribution in [0.5, 0.6) is 0 Å². The van der Waals surface area contributed by atoms with Crippen LogP contribution in [0.25, 0.3) is 0 Å². The second-order valence-corrected chi connectivity index (χ2v) is 8.94. The van der Waals surface area contributed by atoms with E-state index in [2.05, 4.69) is 30.3 Å². The minimum atomic E-state index is 0.454. The minimum absolute atomic E-state index is 0.454. The average molecular weight is 462 g/mol. The molecular weight excluding hydrogens is 433 g/mol. The van der Waals surface area contributed by atoms with Crippen molar-refractivity contribution in [3.63, 3.8) is 0 Å². The van der Waals surface area contributed by atoms with Gasteiger partial charge in [-0.05, 0) is 37.8 Å². The molecule has 1 N–H and O–H groups in total. The molecule has 0 spiro atoms. The molecule has 1 aromatic carbocycles. The van der Waals surface area contributed by atoms with Gasteiger partial charge in [0.15, 0.2) is 0 Å². The van der Waals surface area contributed by atoms with Gasteiger partial charge in [-0.15, -0.1) is 0 Å². The number of nitrogens with zero attached hydrogens (tertiary/aromatic N) is 6.